The number of aliphatic hydroxyl groups excluding tert-OH is 1. The van der Waals surface area contributed by atoms with E-state index in [4.69, 9.17) is 4.42 Å². The van der Waals surface area contributed by atoms with Crippen molar-refractivity contribution >= 4 is 22.6 Å². The number of furan rings is 1. The van der Waals surface area contributed by atoms with E-state index in [1.165, 1.54) is 0 Å². The zero-order valence-electron chi connectivity index (χ0n) is 12.2. The molecule has 0 radical (unpaired) electrons. The van der Waals surface area contributed by atoms with Crippen LogP contribution < -0.4 is 10.6 Å². The molecule has 4 N–H and O–H groups in total. The Kier molecular flexibility index (Phi) is 3.36. The molecule has 3 aromatic rings. The number of nitrogens with one attached hydrogen (secondary N) is 3. The number of rotatable bonds is 3. The first-order valence-electron chi connectivity index (χ1n) is 7.45. The molecule has 1 fully saturated rings. The maximum absolute atomic E-state index is 12.2. The first kappa shape index (κ1) is 14.0. The van der Waals surface area contributed by atoms with Crippen molar-refractivity contribution in [3.63, 3.8) is 0 Å². The molecule has 0 bridgehead atoms. The SMILES string of the molecule is O=C(Nc1ccc2nc(-c3ccco3)[nH]c2c1)C1CC(O)CN1. The van der Waals surface area contributed by atoms with Crippen molar-refractivity contribution in [2.45, 2.75) is 18.6 Å². The summed E-state index contributed by atoms with van der Waals surface area (Å²) in [5.74, 6) is 1.16. The summed E-state index contributed by atoms with van der Waals surface area (Å²) in [6, 6.07) is 8.75. The Hall–Kier alpha value is -2.64. The van der Waals surface area contributed by atoms with E-state index in [2.05, 4.69) is 20.6 Å². The maximum atomic E-state index is 12.2. The fourth-order valence-electron chi connectivity index (χ4n) is 2.76. The number of amides is 1. The molecule has 2 unspecified atom stereocenters. The highest BCUT2D eigenvalue weighted by Crippen LogP contribution is 2.23. The normalized spacial score (nSPS) is 20.9. The first-order valence-corrected chi connectivity index (χ1v) is 7.45. The second-order valence-corrected chi connectivity index (χ2v) is 5.63. The van der Waals surface area contributed by atoms with Gasteiger partial charge >= 0.3 is 0 Å². The van der Waals surface area contributed by atoms with E-state index in [9.17, 15) is 9.90 Å². The maximum Gasteiger partial charge on any atom is 0.241 e. The van der Waals surface area contributed by atoms with Crippen LogP contribution in [0.3, 0.4) is 0 Å². The molecule has 0 aliphatic carbocycles. The minimum Gasteiger partial charge on any atom is -0.461 e. The Balaban J connectivity index is 1.55. The molecule has 118 valence electrons. The van der Waals surface area contributed by atoms with Crippen molar-refractivity contribution in [3.05, 3.63) is 36.6 Å². The highest BCUT2D eigenvalue weighted by molar-refractivity contribution is 5.96. The summed E-state index contributed by atoms with van der Waals surface area (Å²) in [7, 11) is 0. The van der Waals surface area contributed by atoms with E-state index in [1.54, 1.807) is 18.4 Å². The number of carbonyl (C=O) groups excluding carboxylic acids is 1. The number of hydrogen-bond acceptors (Lipinski definition) is 5. The molecule has 1 aliphatic rings. The standard InChI is InChI=1S/C16H16N4O3/c21-10-7-13(17-8-10)16(22)18-9-3-4-11-12(6-9)20-15(19-11)14-2-1-5-23-14/h1-6,10,13,17,21H,7-8H2,(H,18,22)(H,19,20). The lowest BCUT2D eigenvalue weighted by molar-refractivity contribution is -0.117. The minimum absolute atomic E-state index is 0.147. The molecular formula is C16H16N4O3. The van der Waals surface area contributed by atoms with E-state index in [-0.39, 0.29) is 11.9 Å². The number of aromatic amines is 1. The Bertz CT molecular complexity index is 840. The lowest BCUT2D eigenvalue weighted by Gasteiger charge is -2.10. The van der Waals surface area contributed by atoms with Gasteiger partial charge in [-0.05, 0) is 36.8 Å². The highest BCUT2D eigenvalue weighted by atomic mass is 16.3. The van der Waals surface area contributed by atoms with Crippen LogP contribution in [-0.4, -0.2) is 39.7 Å². The molecule has 3 heterocycles. The number of aliphatic hydroxyl groups is 1. The second kappa shape index (κ2) is 5.53. The Labute approximate surface area is 131 Å². The van der Waals surface area contributed by atoms with Crippen LogP contribution in [0.4, 0.5) is 5.69 Å². The highest BCUT2D eigenvalue weighted by Gasteiger charge is 2.28. The van der Waals surface area contributed by atoms with Crippen molar-refractivity contribution in [3.8, 4) is 11.6 Å². The van der Waals surface area contributed by atoms with Gasteiger partial charge in [0, 0.05) is 12.2 Å². The van der Waals surface area contributed by atoms with E-state index in [0.29, 0.717) is 30.2 Å². The Morgan fingerprint density at radius 1 is 1.39 bits per heavy atom. The van der Waals surface area contributed by atoms with Crippen LogP contribution in [0.1, 0.15) is 6.42 Å². The van der Waals surface area contributed by atoms with Crippen LogP contribution in [0.2, 0.25) is 0 Å². The van der Waals surface area contributed by atoms with Crippen molar-refractivity contribution in [2.75, 3.05) is 11.9 Å². The summed E-state index contributed by atoms with van der Waals surface area (Å²) < 4.78 is 5.33. The number of hydrogen-bond donors (Lipinski definition) is 4. The molecule has 7 heteroatoms. The van der Waals surface area contributed by atoms with Gasteiger partial charge in [0.2, 0.25) is 5.91 Å². The van der Waals surface area contributed by atoms with Crippen LogP contribution in [-0.2, 0) is 4.79 Å². The molecule has 0 spiro atoms. The number of imidazole rings is 1. The second-order valence-electron chi connectivity index (χ2n) is 5.63. The van der Waals surface area contributed by atoms with Gasteiger partial charge in [-0.25, -0.2) is 4.98 Å². The Morgan fingerprint density at radius 2 is 2.30 bits per heavy atom. The summed E-state index contributed by atoms with van der Waals surface area (Å²) in [6.07, 6.45) is 1.56. The minimum atomic E-state index is -0.461. The van der Waals surface area contributed by atoms with E-state index < -0.39 is 6.10 Å². The van der Waals surface area contributed by atoms with Gasteiger partial charge in [0.1, 0.15) is 0 Å². The topological polar surface area (TPSA) is 103 Å². The molecular weight excluding hydrogens is 296 g/mol. The number of β-amino-alcohol motifs (C(OH)–C–C–N with tert-alkyl or cyclic N) is 1. The molecule has 1 saturated heterocycles. The van der Waals surface area contributed by atoms with Crippen LogP contribution >= 0.6 is 0 Å². The number of carbonyl (C=O) groups is 1. The van der Waals surface area contributed by atoms with Crippen LogP contribution in [0.15, 0.2) is 41.0 Å². The van der Waals surface area contributed by atoms with E-state index >= 15 is 0 Å². The fraction of sp³-hybridized carbons (Fsp3) is 0.250. The quantitative estimate of drug-likeness (QED) is 0.586. The predicted octanol–water partition coefficient (Wildman–Crippen LogP) is 1.48. The average Bonchev–Trinajstić information content (AvgIpc) is 3.26. The van der Waals surface area contributed by atoms with E-state index in [1.807, 2.05) is 18.2 Å². The van der Waals surface area contributed by atoms with Gasteiger partial charge in [0.05, 0.1) is 29.4 Å². The van der Waals surface area contributed by atoms with Crippen LogP contribution in [0.25, 0.3) is 22.6 Å². The third kappa shape index (κ3) is 2.71. The molecule has 1 aromatic carbocycles. The van der Waals surface area contributed by atoms with Crippen LogP contribution in [0.5, 0.6) is 0 Å². The van der Waals surface area contributed by atoms with Gasteiger partial charge in [0.25, 0.3) is 0 Å². The number of H-pyrrole nitrogens is 1. The van der Waals surface area contributed by atoms with Gasteiger partial charge in [-0.2, -0.15) is 0 Å². The number of fused-ring (bicyclic) bond motifs is 1. The summed E-state index contributed by atoms with van der Waals surface area (Å²) in [4.78, 5) is 19.8. The number of nitrogens with zero attached hydrogens (tertiary/aromatic N) is 1. The molecule has 23 heavy (non-hydrogen) atoms. The monoisotopic (exact) mass is 312 g/mol. The van der Waals surface area contributed by atoms with Gasteiger partial charge in [-0.15, -0.1) is 0 Å². The summed E-state index contributed by atoms with van der Waals surface area (Å²) >= 11 is 0. The smallest absolute Gasteiger partial charge is 0.241 e. The van der Waals surface area contributed by atoms with Crippen LogP contribution in [0, 0.1) is 0 Å². The van der Waals surface area contributed by atoms with Crippen molar-refractivity contribution in [2.24, 2.45) is 0 Å². The molecule has 2 atom stereocenters. The average molecular weight is 312 g/mol. The summed E-state index contributed by atoms with van der Waals surface area (Å²) in [5.41, 5.74) is 2.29. The third-order valence-electron chi connectivity index (χ3n) is 3.93. The third-order valence-corrected chi connectivity index (χ3v) is 3.93. The summed E-state index contributed by atoms with van der Waals surface area (Å²) in [6.45, 7) is 0.449. The first-order chi connectivity index (χ1) is 11.2. The fourth-order valence-corrected chi connectivity index (χ4v) is 2.76. The van der Waals surface area contributed by atoms with Gasteiger partial charge in [-0.1, -0.05) is 0 Å². The summed E-state index contributed by atoms with van der Waals surface area (Å²) in [5, 5.41) is 15.3. The number of aromatic nitrogens is 2. The zero-order chi connectivity index (χ0) is 15.8. The van der Waals surface area contributed by atoms with Crippen molar-refractivity contribution in [1.82, 2.24) is 15.3 Å². The van der Waals surface area contributed by atoms with E-state index in [0.717, 1.165) is 11.0 Å². The molecule has 0 saturated carbocycles. The van der Waals surface area contributed by atoms with Gasteiger partial charge < -0.3 is 25.1 Å². The predicted molar refractivity (Wildman–Crippen MR) is 84.8 cm³/mol. The number of anilines is 1. The Morgan fingerprint density at radius 3 is 3.04 bits per heavy atom. The lowest BCUT2D eigenvalue weighted by Crippen LogP contribution is -2.35. The zero-order valence-corrected chi connectivity index (χ0v) is 12.2. The van der Waals surface area contributed by atoms with Crippen molar-refractivity contribution < 1.29 is 14.3 Å². The largest absolute Gasteiger partial charge is 0.461 e. The molecule has 1 amide bonds. The molecule has 7 nitrogen and oxygen atoms in total. The lowest BCUT2D eigenvalue weighted by atomic mass is 10.2. The van der Waals surface area contributed by atoms with Gasteiger partial charge in [0.15, 0.2) is 11.6 Å². The molecule has 4 rings (SSSR count). The molecule has 1 aliphatic heterocycles. The van der Waals surface area contributed by atoms with Crippen molar-refractivity contribution in [1.29, 1.82) is 0 Å². The number of benzene rings is 1. The molecule has 2 aromatic heterocycles. The van der Waals surface area contributed by atoms with Gasteiger partial charge in [-0.3, -0.25) is 4.79 Å².